The van der Waals surface area contributed by atoms with Gasteiger partial charge in [-0.25, -0.2) is 0 Å². The summed E-state index contributed by atoms with van der Waals surface area (Å²) in [7, 11) is 3.46. The van der Waals surface area contributed by atoms with Gasteiger partial charge in [0, 0.05) is 33.2 Å². The van der Waals surface area contributed by atoms with E-state index in [1.165, 1.54) is 38.5 Å². The number of nitrogens with one attached hydrogen (secondary N) is 2. The molecule has 0 atom stereocenters. The fourth-order valence-electron chi connectivity index (χ4n) is 4.67. The SMILES string of the molecule is CCNC(=O)COc1ccc(CNC(=NC)N2CCC3(CCCCC3)C2)cc1OC.I. The molecule has 1 amide bonds. The smallest absolute Gasteiger partial charge is 0.257 e. The van der Waals surface area contributed by atoms with E-state index >= 15 is 0 Å². The van der Waals surface area contributed by atoms with Gasteiger partial charge in [-0.1, -0.05) is 25.3 Å². The standard InChI is InChI=1S/C23H36N4O3.HI/c1-4-25-21(28)16-30-19-9-8-18(14-20(19)29-3)15-26-22(24-2)27-13-12-23(17-27)10-6-5-7-11-23;/h8-9,14H,4-7,10-13,15-17H2,1-3H3,(H,24,26)(H,25,28);1H. The molecule has 1 saturated carbocycles. The van der Waals surface area contributed by atoms with E-state index in [0.717, 1.165) is 24.6 Å². The number of amides is 1. The van der Waals surface area contributed by atoms with Gasteiger partial charge in [0.25, 0.3) is 5.91 Å². The maximum atomic E-state index is 11.6. The van der Waals surface area contributed by atoms with Gasteiger partial charge >= 0.3 is 0 Å². The number of halogens is 1. The Kier molecular flexibility index (Phi) is 10.2. The summed E-state index contributed by atoms with van der Waals surface area (Å²) in [5, 5.41) is 6.22. The highest BCUT2D eigenvalue weighted by molar-refractivity contribution is 14.0. The maximum absolute atomic E-state index is 11.6. The lowest BCUT2D eigenvalue weighted by molar-refractivity contribution is -0.123. The van der Waals surface area contributed by atoms with Crippen molar-refractivity contribution in [3.05, 3.63) is 23.8 Å². The van der Waals surface area contributed by atoms with E-state index in [1.807, 2.05) is 32.2 Å². The molecule has 8 heteroatoms. The molecule has 0 unspecified atom stereocenters. The monoisotopic (exact) mass is 544 g/mol. The summed E-state index contributed by atoms with van der Waals surface area (Å²) in [5.41, 5.74) is 1.58. The Hall–Kier alpha value is -1.71. The highest BCUT2D eigenvalue weighted by Crippen LogP contribution is 2.43. The van der Waals surface area contributed by atoms with Gasteiger partial charge < -0.3 is 25.0 Å². The van der Waals surface area contributed by atoms with Crippen molar-refractivity contribution in [2.24, 2.45) is 10.4 Å². The molecule has 7 nitrogen and oxygen atoms in total. The second-order valence-electron chi connectivity index (χ2n) is 8.36. The van der Waals surface area contributed by atoms with Crippen LogP contribution in [0.2, 0.25) is 0 Å². The van der Waals surface area contributed by atoms with Crippen molar-refractivity contribution < 1.29 is 14.3 Å². The van der Waals surface area contributed by atoms with Gasteiger partial charge in [0.05, 0.1) is 7.11 Å². The molecule has 1 aliphatic heterocycles. The Labute approximate surface area is 203 Å². The summed E-state index contributed by atoms with van der Waals surface area (Å²) in [5.74, 6) is 2.01. The Balaban J connectivity index is 0.00000341. The molecule has 2 aliphatic rings. The number of ether oxygens (including phenoxy) is 2. The fourth-order valence-corrected chi connectivity index (χ4v) is 4.67. The zero-order chi connectivity index (χ0) is 21.4. The molecule has 31 heavy (non-hydrogen) atoms. The third kappa shape index (κ3) is 6.89. The van der Waals surface area contributed by atoms with Crippen LogP contribution in [-0.2, 0) is 11.3 Å². The van der Waals surface area contributed by atoms with Crippen LogP contribution in [0.15, 0.2) is 23.2 Å². The van der Waals surface area contributed by atoms with Gasteiger partial charge in [0.2, 0.25) is 0 Å². The van der Waals surface area contributed by atoms with Gasteiger partial charge in [-0.2, -0.15) is 0 Å². The highest BCUT2D eigenvalue weighted by Gasteiger charge is 2.39. The molecule has 0 radical (unpaired) electrons. The minimum absolute atomic E-state index is 0. The number of rotatable bonds is 7. The number of nitrogens with zero attached hydrogens (tertiary/aromatic N) is 2. The number of likely N-dealkylation sites (N-methyl/N-ethyl adjacent to an activating group) is 1. The number of likely N-dealkylation sites (tertiary alicyclic amines) is 1. The lowest BCUT2D eigenvalue weighted by atomic mass is 9.73. The number of aliphatic imine (C=N–C) groups is 1. The largest absolute Gasteiger partial charge is 0.493 e. The predicted octanol–water partition coefficient (Wildman–Crippen LogP) is 3.56. The van der Waals surface area contributed by atoms with Crippen LogP contribution in [0, 0.1) is 5.41 Å². The van der Waals surface area contributed by atoms with Gasteiger partial charge in [-0.05, 0) is 49.3 Å². The zero-order valence-corrected chi connectivity index (χ0v) is 21.4. The molecule has 0 bridgehead atoms. The van der Waals surface area contributed by atoms with E-state index in [4.69, 9.17) is 9.47 Å². The van der Waals surface area contributed by atoms with Gasteiger partial charge in [0.1, 0.15) is 0 Å². The van der Waals surface area contributed by atoms with Crippen molar-refractivity contribution in [1.29, 1.82) is 0 Å². The number of guanidine groups is 1. The first-order chi connectivity index (χ1) is 14.6. The normalized spacial score (nSPS) is 17.8. The van der Waals surface area contributed by atoms with E-state index in [9.17, 15) is 4.79 Å². The zero-order valence-electron chi connectivity index (χ0n) is 19.0. The number of methoxy groups -OCH3 is 1. The van der Waals surface area contributed by atoms with Crippen molar-refractivity contribution in [1.82, 2.24) is 15.5 Å². The lowest BCUT2D eigenvalue weighted by Crippen LogP contribution is -2.41. The van der Waals surface area contributed by atoms with Crippen LogP contribution in [0.4, 0.5) is 0 Å². The van der Waals surface area contributed by atoms with Gasteiger partial charge in [0.15, 0.2) is 24.1 Å². The third-order valence-electron chi connectivity index (χ3n) is 6.28. The number of hydrogen-bond acceptors (Lipinski definition) is 4. The molecule has 2 N–H and O–H groups in total. The van der Waals surface area contributed by atoms with Crippen molar-refractivity contribution in [3.8, 4) is 11.5 Å². The highest BCUT2D eigenvalue weighted by atomic mass is 127. The van der Waals surface area contributed by atoms with Crippen LogP contribution >= 0.6 is 24.0 Å². The van der Waals surface area contributed by atoms with E-state index in [2.05, 4.69) is 20.5 Å². The summed E-state index contributed by atoms with van der Waals surface area (Å²) < 4.78 is 11.1. The molecular formula is C23H37IN4O3. The van der Waals surface area contributed by atoms with Crippen molar-refractivity contribution >= 4 is 35.8 Å². The topological polar surface area (TPSA) is 75.2 Å². The molecule has 174 valence electrons. The Morgan fingerprint density at radius 2 is 1.94 bits per heavy atom. The van der Waals surface area contributed by atoms with Crippen molar-refractivity contribution in [3.63, 3.8) is 0 Å². The first-order valence-electron chi connectivity index (χ1n) is 11.1. The van der Waals surface area contributed by atoms with Crippen LogP contribution in [0.3, 0.4) is 0 Å². The minimum atomic E-state index is -0.143. The third-order valence-corrected chi connectivity index (χ3v) is 6.28. The number of hydrogen-bond donors (Lipinski definition) is 2. The van der Waals surface area contributed by atoms with Crippen LogP contribution in [-0.4, -0.2) is 57.2 Å². The molecule has 3 rings (SSSR count). The van der Waals surface area contributed by atoms with E-state index in [-0.39, 0.29) is 36.5 Å². The van der Waals surface area contributed by atoms with Crippen LogP contribution in [0.1, 0.15) is 51.0 Å². The molecule has 2 fully saturated rings. The summed E-state index contributed by atoms with van der Waals surface area (Å²) >= 11 is 0. The first kappa shape index (κ1) is 25.5. The van der Waals surface area contributed by atoms with E-state index in [0.29, 0.717) is 30.0 Å². The summed E-state index contributed by atoms with van der Waals surface area (Å²) in [4.78, 5) is 18.6. The van der Waals surface area contributed by atoms with Crippen LogP contribution < -0.4 is 20.1 Å². The van der Waals surface area contributed by atoms with Crippen molar-refractivity contribution in [2.45, 2.75) is 52.0 Å². The number of carbonyl (C=O) groups is 1. The quantitative estimate of drug-likeness (QED) is 0.312. The molecule has 1 aliphatic carbocycles. The Morgan fingerprint density at radius 1 is 1.16 bits per heavy atom. The summed E-state index contributed by atoms with van der Waals surface area (Å²) in [6.45, 7) is 5.29. The van der Waals surface area contributed by atoms with E-state index < -0.39 is 0 Å². The lowest BCUT2D eigenvalue weighted by Gasteiger charge is -2.33. The summed E-state index contributed by atoms with van der Waals surface area (Å²) in [6.07, 6.45) is 8.12. The maximum Gasteiger partial charge on any atom is 0.257 e. The number of benzene rings is 1. The van der Waals surface area contributed by atoms with Gasteiger partial charge in [-0.15, -0.1) is 24.0 Å². The number of carbonyl (C=O) groups excluding carboxylic acids is 1. The average molecular weight is 544 g/mol. The van der Waals surface area contributed by atoms with Crippen LogP contribution in [0.25, 0.3) is 0 Å². The molecule has 1 aromatic carbocycles. The Morgan fingerprint density at radius 3 is 2.61 bits per heavy atom. The minimum Gasteiger partial charge on any atom is -0.493 e. The Bertz CT molecular complexity index is 750. The molecule has 1 spiro atoms. The van der Waals surface area contributed by atoms with Crippen LogP contribution in [0.5, 0.6) is 11.5 Å². The molecule has 1 saturated heterocycles. The first-order valence-corrected chi connectivity index (χ1v) is 11.1. The molecule has 1 aromatic rings. The molecule has 1 heterocycles. The van der Waals surface area contributed by atoms with E-state index in [1.54, 1.807) is 7.11 Å². The predicted molar refractivity (Wildman–Crippen MR) is 134 cm³/mol. The second-order valence-corrected chi connectivity index (χ2v) is 8.36. The summed E-state index contributed by atoms with van der Waals surface area (Å²) in [6, 6.07) is 5.78. The van der Waals surface area contributed by atoms with Gasteiger partial charge in [-0.3, -0.25) is 9.79 Å². The van der Waals surface area contributed by atoms with Crippen molar-refractivity contribution in [2.75, 3.05) is 40.4 Å². The average Bonchev–Trinajstić information content (AvgIpc) is 3.16. The fraction of sp³-hybridized carbons (Fsp3) is 0.652. The second kappa shape index (κ2) is 12.4. The molecule has 0 aromatic heterocycles. The molecular weight excluding hydrogens is 507 g/mol.